The van der Waals surface area contributed by atoms with Crippen LogP contribution in [0.5, 0.6) is 0 Å². The predicted octanol–water partition coefficient (Wildman–Crippen LogP) is 4.48. The van der Waals surface area contributed by atoms with Crippen molar-refractivity contribution < 1.29 is 13.6 Å². The Kier molecular flexibility index (Phi) is 3.06. The molecular weight excluding hydrogens is 308 g/mol. The standard InChI is InChI=1S/C17H18ClF2NO/c18-17-7-10-3-11(8-17)6-16(5-10,9-17)15(22)21-12-1-2-13(19)14(20)4-12/h1-2,4,10-11H,3,5-9H2,(H,21,22)/t10-,11+,16?,17?. The van der Waals surface area contributed by atoms with E-state index in [1.54, 1.807) is 0 Å². The van der Waals surface area contributed by atoms with Gasteiger partial charge in [0.15, 0.2) is 11.6 Å². The van der Waals surface area contributed by atoms with Gasteiger partial charge in [-0.05, 0) is 62.5 Å². The van der Waals surface area contributed by atoms with Crippen molar-refractivity contribution in [2.45, 2.75) is 43.4 Å². The first kappa shape index (κ1) is 14.4. The zero-order valence-electron chi connectivity index (χ0n) is 12.2. The number of rotatable bonds is 2. The summed E-state index contributed by atoms with van der Waals surface area (Å²) in [6.45, 7) is 0. The third-order valence-electron chi connectivity index (χ3n) is 5.65. The molecule has 5 heteroatoms. The molecule has 2 unspecified atom stereocenters. The third kappa shape index (κ3) is 2.23. The van der Waals surface area contributed by atoms with Gasteiger partial charge in [0.05, 0.1) is 5.41 Å². The number of nitrogens with one attached hydrogen (secondary N) is 1. The summed E-state index contributed by atoms with van der Waals surface area (Å²) in [6.07, 6.45) is 5.62. The summed E-state index contributed by atoms with van der Waals surface area (Å²) in [7, 11) is 0. The van der Waals surface area contributed by atoms with Gasteiger partial charge in [-0.2, -0.15) is 0 Å². The summed E-state index contributed by atoms with van der Waals surface area (Å²) in [4.78, 5) is 12.6. The maximum Gasteiger partial charge on any atom is 0.230 e. The van der Waals surface area contributed by atoms with Crippen LogP contribution in [0.25, 0.3) is 0 Å². The van der Waals surface area contributed by atoms with Gasteiger partial charge in [0.1, 0.15) is 0 Å². The highest BCUT2D eigenvalue weighted by atomic mass is 35.5. The number of anilines is 1. The second-order valence-electron chi connectivity index (χ2n) is 7.48. The van der Waals surface area contributed by atoms with Crippen molar-refractivity contribution in [2.75, 3.05) is 5.32 Å². The summed E-state index contributed by atoms with van der Waals surface area (Å²) in [5.41, 5.74) is -0.125. The Balaban J connectivity index is 1.58. The van der Waals surface area contributed by atoms with Gasteiger partial charge in [0.2, 0.25) is 5.91 Å². The van der Waals surface area contributed by atoms with Gasteiger partial charge in [-0.1, -0.05) is 0 Å². The number of carbonyl (C=O) groups excluding carboxylic acids is 1. The molecule has 4 atom stereocenters. The molecule has 0 saturated heterocycles. The van der Waals surface area contributed by atoms with E-state index in [1.807, 2.05) is 0 Å². The van der Waals surface area contributed by atoms with Gasteiger partial charge in [0.25, 0.3) is 0 Å². The van der Waals surface area contributed by atoms with Crippen LogP contribution in [0.4, 0.5) is 14.5 Å². The molecule has 0 spiro atoms. The molecule has 1 amide bonds. The molecule has 4 aliphatic carbocycles. The Morgan fingerprint density at radius 3 is 2.41 bits per heavy atom. The van der Waals surface area contributed by atoms with Crippen molar-refractivity contribution in [3.8, 4) is 0 Å². The molecule has 4 aliphatic rings. The maximum absolute atomic E-state index is 13.3. The van der Waals surface area contributed by atoms with Gasteiger partial charge < -0.3 is 5.32 Å². The number of alkyl halides is 1. The van der Waals surface area contributed by atoms with Gasteiger partial charge in [-0.25, -0.2) is 8.78 Å². The average molecular weight is 326 g/mol. The smallest absolute Gasteiger partial charge is 0.230 e. The first-order valence-corrected chi connectivity index (χ1v) is 8.21. The van der Waals surface area contributed by atoms with Crippen molar-refractivity contribution in [2.24, 2.45) is 17.3 Å². The lowest BCUT2D eigenvalue weighted by Gasteiger charge is -2.59. The van der Waals surface area contributed by atoms with E-state index in [1.165, 1.54) is 12.5 Å². The highest BCUT2D eigenvalue weighted by molar-refractivity contribution is 6.24. The minimum absolute atomic E-state index is 0.0855. The van der Waals surface area contributed by atoms with Crippen LogP contribution in [-0.4, -0.2) is 10.8 Å². The zero-order chi connectivity index (χ0) is 15.5. The van der Waals surface area contributed by atoms with Crippen molar-refractivity contribution in [3.63, 3.8) is 0 Å². The van der Waals surface area contributed by atoms with Crippen molar-refractivity contribution in [3.05, 3.63) is 29.8 Å². The summed E-state index contributed by atoms with van der Waals surface area (Å²) < 4.78 is 26.3. The van der Waals surface area contributed by atoms with Crippen LogP contribution >= 0.6 is 11.6 Å². The molecule has 1 aromatic carbocycles. The number of amides is 1. The number of hydrogen-bond acceptors (Lipinski definition) is 1. The molecule has 0 aromatic heterocycles. The van der Waals surface area contributed by atoms with E-state index >= 15 is 0 Å². The molecule has 5 rings (SSSR count). The molecule has 4 saturated carbocycles. The Bertz CT molecular complexity index is 634. The number of carbonyl (C=O) groups is 1. The second kappa shape index (κ2) is 4.67. The molecule has 1 aromatic rings. The fourth-order valence-electron chi connectivity index (χ4n) is 5.25. The van der Waals surface area contributed by atoms with Crippen LogP contribution in [0, 0.1) is 28.9 Å². The molecular formula is C17H18ClF2NO. The lowest BCUT2D eigenvalue weighted by atomic mass is 9.49. The molecule has 4 bridgehead atoms. The molecule has 0 radical (unpaired) electrons. The number of halogens is 3. The fourth-order valence-corrected chi connectivity index (χ4v) is 5.95. The highest BCUT2D eigenvalue weighted by Crippen LogP contribution is 2.64. The average Bonchev–Trinajstić information content (AvgIpc) is 2.40. The predicted molar refractivity (Wildman–Crippen MR) is 80.7 cm³/mol. The lowest BCUT2D eigenvalue weighted by Crippen LogP contribution is -2.57. The summed E-state index contributed by atoms with van der Waals surface area (Å²) in [5, 5.41) is 2.78. The van der Waals surface area contributed by atoms with E-state index < -0.39 is 17.0 Å². The molecule has 22 heavy (non-hydrogen) atoms. The van der Waals surface area contributed by atoms with Crippen LogP contribution in [-0.2, 0) is 4.79 Å². The molecule has 1 N–H and O–H groups in total. The fraction of sp³-hybridized carbons (Fsp3) is 0.588. The van der Waals surface area contributed by atoms with Gasteiger partial charge in [-0.15, -0.1) is 11.6 Å². The second-order valence-corrected chi connectivity index (χ2v) is 8.28. The van der Waals surface area contributed by atoms with Crippen LogP contribution < -0.4 is 5.32 Å². The van der Waals surface area contributed by atoms with E-state index in [4.69, 9.17) is 11.6 Å². The van der Waals surface area contributed by atoms with E-state index in [2.05, 4.69) is 5.32 Å². The molecule has 4 fully saturated rings. The molecule has 118 valence electrons. The van der Waals surface area contributed by atoms with Crippen LogP contribution in [0.15, 0.2) is 18.2 Å². The van der Waals surface area contributed by atoms with E-state index in [0.29, 0.717) is 23.9 Å². The SMILES string of the molecule is O=C(Nc1ccc(F)c(F)c1)C12C[C@@H]3C[C@@H](CC(Cl)(C3)C1)C2. The quantitative estimate of drug-likeness (QED) is 0.798. The monoisotopic (exact) mass is 325 g/mol. The van der Waals surface area contributed by atoms with Gasteiger partial charge in [-0.3, -0.25) is 4.79 Å². The minimum atomic E-state index is -0.947. The molecule has 0 heterocycles. The zero-order valence-corrected chi connectivity index (χ0v) is 12.9. The molecule has 2 nitrogen and oxygen atoms in total. The first-order chi connectivity index (χ1) is 10.4. The lowest BCUT2D eigenvalue weighted by molar-refractivity contribution is -0.138. The van der Waals surface area contributed by atoms with E-state index in [-0.39, 0.29) is 10.8 Å². The van der Waals surface area contributed by atoms with Crippen LogP contribution in [0.3, 0.4) is 0 Å². The topological polar surface area (TPSA) is 29.1 Å². The van der Waals surface area contributed by atoms with Crippen LogP contribution in [0.1, 0.15) is 38.5 Å². The Morgan fingerprint density at radius 1 is 1.14 bits per heavy atom. The summed E-state index contributed by atoms with van der Waals surface area (Å²) in [6, 6.07) is 3.46. The van der Waals surface area contributed by atoms with E-state index in [9.17, 15) is 13.6 Å². The van der Waals surface area contributed by atoms with Crippen LogP contribution in [0.2, 0.25) is 0 Å². The van der Waals surface area contributed by atoms with Gasteiger partial charge >= 0.3 is 0 Å². The maximum atomic E-state index is 13.3. The Labute approximate surface area is 133 Å². The van der Waals surface area contributed by atoms with Crippen molar-refractivity contribution >= 4 is 23.2 Å². The molecule has 0 aliphatic heterocycles. The Morgan fingerprint density at radius 2 is 1.82 bits per heavy atom. The normalized spacial score (nSPS) is 39.0. The third-order valence-corrected chi connectivity index (χ3v) is 6.09. The van der Waals surface area contributed by atoms with E-state index in [0.717, 1.165) is 37.8 Å². The minimum Gasteiger partial charge on any atom is -0.326 e. The summed E-state index contributed by atoms with van der Waals surface area (Å²) >= 11 is 6.72. The summed E-state index contributed by atoms with van der Waals surface area (Å²) in [5.74, 6) is -0.897. The number of benzene rings is 1. The Hall–Kier alpha value is -1.16. The highest BCUT2D eigenvalue weighted by Gasteiger charge is 2.60. The largest absolute Gasteiger partial charge is 0.326 e. The van der Waals surface area contributed by atoms with Crippen molar-refractivity contribution in [1.82, 2.24) is 0 Å². The van der Waals surface area contributed by atoms with Crippen molar-refractivity contribution in [1.29, 1.82) is 0 Å². The van der Waals surface area contributed by atoms with Gasteiger partial charge in [0, 0.05) is 16.6 Å². The first-order valence-electron chi connectivity index (χ1n) is 7.83. The number of hydrogen-bond donors (Lipinski definition) is 1.